The summed E-state index contributed by atoms with van der Waals surface area (Å²) in [5, 5.41) is 10.3. The Morgan fingerprint density at radius 2 is 1.70 bits per heavy atom. The summed E-state index contributed by atoms with van der Waals surface area (Å²) in [6, 6.07) is 17.2. The summed E-state index contributed by atoms with van der Waals surface area (Å²) in [7, 11) is 0. The van der Waals surface area contributed by atoms with E-state index in [2.05, 4.69) is 12.6 Å². The van der Waals surface area contributed by atoms with Crippen molar-refractivity contribution in [3.05, 3.63) is 65.7 Å². The summed E-state index contributed by atoms with van der Waals surface area (Å²) in [6.45, 7) is 0.530. The largest absolute Gasteiger partial charge is 0.367 e. The van der Waals surface area contributed by atoms with Gasteiger partial charge in [-0.1, -0.05) is 48.5 Å². The Bertz CT molecular complexity index is 640. The van der Waals surface area contributed by atoms with Gasteiger partial charge in [-0.15, -0.1) is 12.6 Å². The fourth-order valence-corrected chi connectivity index (χ4v) is 2.83. The van der Waals surface area contributed by atoms with Crippen LogP contribution >= 0.6 is 12.6 Å². The Balaban J connectivity index is 1.86. The van der Waals surface area contributed by atoms with Crippen molar-refractivity contribution in [2.24, 2.45) is 0 Å². The van der Waals surface area contributed by atoms with Crippen LogP contribution in [-0.2, 0) is 16.1 Å². The number of fused-ring (bicyclic) bond motifs is 1. The number of carbonyl (C=O) groups is 1. The van der Waals surface area contributed by atoms with Crippen LogP contribution in [0.4, 0.5) is 5.69 Å². The highest BCUT2D eigenvalue weighted by Crippen LogP contribution is 2.42. The van der Waals surface area contributed by atoms with Gasteiger partial charge in [-0.25, -0.2) is 0 Å². The number of anilines is 1. The van der Waals surface area contributed by atoms with Crippen molar-refractivity contribution < 1.29 is 9.90 Å². The fourth-order valence-electron chi connectivity index (χ4n) is 2.52. The molecule has 20 heavy (non-hydrogen) atoms. The number of aliphatic hydroxyl groups is 1. The van der Waals surface area contributed by atoms with Crippen molar-refractivity contribution in [3.8, 4) is 0 Å². The molecule has 0 bridgehead atoms. The maximum Gasteiger partial charge on any atom is 0.274 e. The third kappa shape index (κ3) is 2.11. The summed E-state index contributed by atoms with van der Waals surface area (Å²) in [6.07, 6.45) is 0.741. The summed E-state index contributed by atoms with van der Waals surface area (Å²) < 4.78 is 0. The molecular weight excluding hydrogens is 270 g/mol. The second-order valence-corrected chi connectivity index (χ2v) is 5.53. The average molecular weight is 285 g/mol. The average Bonchev–Trinajstić information content (AvgIpc) is 2.67. The molecule has 102 valence electrons. The molecule has 0 unspecified atom stereocenters. The van der Waals surface area contributed by atoms with Crippen LogP contribution in [-0.4, -0.2) is 17.6 Å². The SMILES string of the molecule is O=C1N(CCc2ccccc2)c2ccccc2[C@@]1(O)S. The third-order valence-electron chi connectivity index (χ3n) is 3.58. The van der Waals surface area contributed by atoms with E-state index in [1.165, 1.54) is 0 Å². The first-order valence-corrected chi connectivity index (χ1v) is 6.95. The van der Waals surface area contributed by atoms with Gasteiger partial charge in [0.1, 0.15) is 0 Å². The lowest BCUT2D eigenvalue weighted by atomic mass is 10.1. The van der Waals surface area contributed by atoms with E-state index in [1.54, 1.807) is 17.0 Å². The molecule has 0 fully saturated rings. The molecule has 1 aliphatic rings. The first-order chi connectivity index (χ1) is 9.60. The molecule has 1 amide bonds. The Morgan fingerprint density at radius 3 is 2.45 bits per heavy atom. The van der Waals surface area contributed by atoms with Gasteiger partial charge in [-0.3, -0.25) is 4.79 Å². The molecule has 1 N–H and O–H groups in total. The molecular formula is C16H15NO2S. The minimum atomic E-state index is -1.71. The number of nitrogens with zero attached hydrogens (tertiary/aromatic N) is 1. The Labute approximate surface area is 123 Å². The number of amides is 1. The van der Waals surface area contributed by atoms with E-state index in [0.717, 1.165) is 17.7 Å². The van der Waals surface area contributed by atoms with Crippen molar-refractivity contribution in [2.45, 2.75) is 11.4 Å². The van der Waals surface area contributed by atoms with Crippen LogP contribution in [0.2, 0.25) is 0 Å². The predicted molar refractivity (Wildman–Crippen MR) is 81.8 cm³/mol. The molecule has 1 aliphatic heterocycles. The minimum absolute atomic E-state index is 0.377. The molecule has 2 aromatic rings. The van der Waals surface area contributed by atoms with Gasteiger partial charge >= 0.3 is 0 Å². The van der Waals surface area contributed by atoms with Crippen LogP contribution in [0.3, 0.4) is 0 Å². The zero-order valence-corrected chi connectivity index (χ0v) is 11.8. The van der Waals surface area contributed by atoms with Crippen LogP contribution in [0.25, 0.3) is 0 Å². The molecule has 2 aromatic carbocycles. The van der Waals surface area contributed by atoms with E-state index in [1.807, 2.05) is 42.5 Å². The summed E-state index contributed by atoms with van der Waals surface area (Å²) in [5.41, 5.74) is 2.46. The number of carbonyl (C=O) groups excluding carboxylic acids is 1. The normalized spacial score (nSPS) is 21.1. The van der Waals surface area contributed by atoms with E-state index in [9.17, 15) is 9.90 Å². The van der Waals surface area contributed by atoms with Gasteiger partial charge in [-0.05, 0) is 18.1 Å². The number of para-hydroxylation sites is 1. The summed E-state index contributed by atoms with van der Waals surface area (Å²) >= 11 is 4.13. The van der Waals surface area contributed by atoms with Crippen molar-refractivity contribution in [3.63, 3.8) is 0 Å². The molecule has 0 spiro atoms. The van der Waals surface area contributed by atoms with E-state index < -0.39 is 4.93 Å². The maximum atomic E-state index is 12.3. The molecule has 1 atom stereocenters. The molecule has 0 aliphatic carbocycles. The van der Waals surface area contributed by atoms with Crippen LogP contribution in [0.5, 0.6) is 0 Å². The zero-order chi connectivity index (χ0) is 14.2. The van der Waals surface area contributed by atoms with Gasteiger partial charge < -0.3 is 10.0 Å². The maximum absolute atomic E-state index is 12.3. The molecule has 3 rings (SSSR count). The Hall–Kier alpha value is -1.78. The highest BCUT2D eigenvalue weighted by atomic mass is 32.1. The standard InChI is InChI=1S/C16H15NO2S/c18-15-16(19,20)13-8-4-5-9-14(13)17(15)11-10-12-6-2-1-3-7-12/h1-9,19-20H,10-11H2/t16-/m1/s1. The van der Waals surface area contributed by atoms with Crippen LogP contribution in [0.1, 0.15) is 11.1 Å². The van der Waals surface area contributed by atoms with Gasteiger partial charge in [0, 0.05) is 12.1 Å². The van der Waals surface area contributed by atoms with Crippen LogP contribution in [0, 0.1) is 0 Å². The van der Waals surface area contributed by atoms with Crippen LogP contribution in [0.15, 0.2) is 54.6 Å². The molecule has 3 nitrogen and oxygen atoms in total. The minimum Gasteiger partial charge on any atom is -0.367 e. The lowest BCUT2D eigenvalue weighted by Crippen LogP contribution is -2.37. The van der Waals surface area contributed by atoms with Crippen molar-refractivity contribution >= 4 is 24.2 Å². The smallest absolute Gasteiger partial charge is 0.274 e. The zero-order valence-electron chi connectivity index (χ0n) is 10.9. The number of hydrogen-bond acceptors (Lipinski definition) is 3. The van der Waals surface area contributed by atoms with Crippen molar-refractivity contribution in [1.29, 1.82) is 0 Å². The van der Waals surface area contributed by atoms with Gasteiger partial charge in [0.05, 0.1) is 5.69 Å². The number of thiol groups is 1. The summed E-state index contributed by atoms with van der Waals surface area (Å²) in [4.78, 5) is 12.2. The quantitative estimate of drug-likeness (QED) is 0.671. The molecule has 1 heterocycles. The second-order valence-electron chi connectivity index (χ2n) is 4.88. The van der Waals surface area contributed by atoms with E-state index in [-0.39, 0.29) is 5.91 Å². The van der Waals surface area contributed by atoms with Crippen molar-refractivity contribution in [1.82, 2.24) is 0 Å². The first-order valence-electron chi connectivity index (χ1n) is 6.51. The van der Waals surface area contributed by atoms with Gasteiger partial charge in [0.15, 0.2) is 0 Å². The lowest BCUT2D eigenvalue weighted by Gasteiger charge is -2.19. The second kappa shape index (κ2) is 4.96. The monoisotopic (exact) mass is 285 g/mol. The topological polar surface area (TPSA) is 40.5 Å². The van der Waals surface area contributed by atoms with E-state index in [0.29, 0.717) is 12.1 Å². The number of rotatable bonds is 3. The Kier molecular flexibility index (Phi) is 3.28. The molecule has 0 saturated carbocycles. The molecule has 0 saturated heterocycles. The molecule has 4 heteroatoms. The number of hydrogen-bond donors (Lipinski definition) is 2. The van der Waals surface area contributed by atoms with E-state index in [4.69, 9.17) is 0 Å². The lowest BCUT2D eigenvalue weighted by molar-refractivity contribution is -0.128. The summed E-state index contributed by atoms with van der Waals surface area (Å²) in [5.74, 6) is -0.377. The molecule has 0 radical (unpaired) electrons. The highest BCUT2D eigenvalue weighted by molar-refractivity contribution is 7.82. The van der Waals surface area contributed by atoms with Gasteiger partial charge in [0.2, 0.25) is 4.93 Å². The van der Waals surface area contributed by atoms with Gasteiger partial charge in [-0.2, -0.15) is 0 Å². The Morgan fingerprint density at radius 1 is 1.05 bits per heavy atom. The first kappa shape index (κ1) is 13.2. The van der Waals surface area contributed by atoms with E-state index >= 15 is 0 Å². The van der Waals surface area contributed by atoms with Crippen LogP contribution < -0.4 is 4.90 Å². The van der Waals surface area contributed by atoms with Crippen molar-refractivity contribution in [2.75, 3.05) is 11.4 Å². The highest BCUT2D eigenvalue weighted by Gasteiger charge is 2.46. The third-order valence-corrected chi connectivity index (χ3v) is 4.01. The molecule has 0 aromatic heterocycles. The number of benzene rings is 2. The predicted octanol–water partition coefficient (Wildman–Crippen LogP) is 2.35. The fraction of sp³-hybridized carbons (Fsp3) is 0.188. The van der Waals surface area contributed by atoms with Gasteiger partial charge in [0.25, 0.3) is 5.91 Å².